The third-order valence-electron chi connectivity index (χ3n) is 6.25. The predicted molar refractivity (Wildman–Crippen MR) is 103 cm³/mol. The predicted octanol–water partition coefficient (Wildman–Crippen LogP) is 2.67. The third-order valence-corrected chi connectivity index (χ3v) is 7.63. The highest BCUT2D eigenvalue weighted by molar-refractivity contribution is 7.89. The molecule has 1 fully saturated rings. The zero-order valence-corrected chi connectivity index (χ0v) is 16.2. The lowest BCUT2D eigenvalue weighted by molar-refractivity contribution is -0.118. The standard InChI is InChI=1S/C21H21FN2O3S/c22-17-4-2-16(3-5-17)21(8-9-21)13-23-28(26,27)18-11-14-1-6-19(25)24-10-7-15(12-18)20(14)24/h2-5,11-12,23H,1,6-10,13H2. The molecule has 2 aliphatic heterocycles. The second-order valence-electron chi connectivity index (χ2n) is 8.00. The van der Waals surface area contributed by atoms with Gasteiger partial charge in [0.1, 0.15) is 5.82 Å². The van der Waals surface area contributed by atoms with Crippen molar-refractivity contribution in [2.24, 2.45) is 0 Å². The van der Waals surface area contributed by atoms with Gasteiger partial charge in [-0.3, -0.25) is 4.79 Å². The van der Waals surface area contributed by atoms with E-state index in [2.05, 4.69) is 4.72 Å². The van der Waals surface area contributed by atoms with E-state index in [0.717, 1.165) is 35.2 Å². The Kier molecular flexibility index (Phi) is 3.90. The van der Waals surface area contributed by atoms with Crippen LogP contribution in [0.1, 0.15) is 36.0 Å². The van der Waals surface area contributed by atoms with E-state index in [9.17, 15) is 17.6 Å². The van der Waals surface area contributed by atoms with Gasteiger partial charge >= 0.3 is 0 Å². The Morgan fingerprint density at radius 2 is 1.71 bits per heavy atom. The molecule has 5 rings (SSSR count). The number of rotatable bonds is 5. The average Bonchev–Trinajstić information content (AvgIpc) is 3.35. The summed E-state index contributed by atoms with van der Waals surface area (Å²) in [5.74, 6) is -0.172. The highest BCUT2D eigenvalue weighted by Gasteiger charge is 2.45. The van der Waals surface area contributed by atoms with Gasteiger partial charge in [-0.15, -0.1) is 0 Å². The average molecular weight is 400 g/mol. The Morgan fingerprint density at radius 3 is 2.39 bits per heavy atom. The van der Waals surface area contributed by atoms with Gasteiger partial charge in [-0.2, -0.15) is 0 Å². The molecule has 5 nitrogen and oxygen atoms in total. The summed E-state index contributed by atoms with van der Waals surface area (Å²) in [6, 6.07) is 9.73. The van der Waals surface area contributed by atoms with E-state index >= 15 is 0 Å². The molecule has 2 aromatic rings. The molecule has 0 aromatic heterocycles. The zero-order valence-electron chi connectivity index (χ0n) is 15.4. The van der Waals surface area contributed by atoms with Crippen LogP contribution in [0.3, 0.4) is 0 Å². The van der Waals surface area contributed by atoms with Crippen molar-refractivity contribution in [3.8, 4) is 0 Å². The van der Waals surface area contributed by atoms with E-state index in [1.165, 1.54) is 12.1 Å². The molecule has 0 radical (unpaired) electrons. The van der Waals surface area contributed by atoms with Crippen LogP contribution in [0.5, 0.6) is 0 Å². The molecule has 0 spiro atoms. The van der Waals surface area contributed by atoms with Crippen molar-refractivity contribution in [2.75, 3.05) is 18.0 Å². The van der Waals surface area contributed by atoms with Gasteiger partial charge in [0.2, 0.25) is 15.9 Å². The van der Waals surface area contributed by atoms with Crippen LogP contribution in [0.25, 0.3) is 0 Å². The van der Waals surface area contributed by atoms with Crippen molar-refractivity contribution in [1.29, 1.82) is 0 Å². The fraction of sp³-hybridized carbons (Fsp3) is 0.381. The fourth-order valence-corrected chi connectivity index (χ4v) is 5.65. The summed E-state index contributed by atoms with van der Waals surface area (Å²) >= 11 is 0. The first-order valence-corrected chi connectivity index (χ1v) is 11.1. The van der Waals surface area contributed by atoms with E-state index in [0.29, 0.717) is 32.4 Å². The molecule has 1 aliphatic carbocycles. The normalized spacial score (nSPS) is 19.6. The van der Waals surface area contributed by atoms with Crippen LogP contribution < -0.4 is 9.62 Å². The number of hydrogen-bond acceptors (Lipinski definition) is 3. The monoisotopic (exact) mass is 400 g/mol. The molecular weight excluding hydrogens is 379 g/mol. The maximum absolute atomic E-state index is 13.2. The van der Waals surface area contributed by atoms with Crippen LogP contribution in [0.15, 0.2) is 41.3 Å². The number of nitrogens with zero attached hydrogens (tertiary/aromatic N) is 1. The van der Waals surface area contributed by atoms with E-state index in [1.807, 2.05) is 0 Å². The molecular formula is C21H21FN2O3S. The Hall–Kier alpha value is -2.25. The molecule has 2 aromatic carbocycles. The van der Waals surface area contributed by atoms with Crippen LogP contribution in [-0.4, -0.2) is 27.4 Å². The molecule has 1 amide bonds. The van der Waals surface area contributed by atoms with E-state index < -0.39 is 10.0 Å². The second-order valence-corrected chi connectivity index (χ2v) is 9.76. The van der Waals surface area contributed by atoms with Crippen LogP contribution in [0, 0.1) is 5.82 Å². The van der Waals surface area contributed by atoms with Gasteiger partial charge in [0.05, 0.1) is 10.6 Å². The molecule has 28 heavy (non-hydrogen) atoms. The third kappa shape index (κ3) is 2.84. The highest BCUT2D eigenvalue weighted by atomic mass is 32.2. The molecule has 0 bridgehead atoms. The maximum atomic E-state index is 13.2. The first-order chi connectivity index (χ1) is 13.4. The number of sulfonamides is 1. The van der Waals surface area contributed by atoms with Gasteiger partial charge in [-0.05, 0) is 66.6 Å². The van der Waals surface area contributed by atoms with Crippen molar-refractivity contribution < 1.29 is 17.6 Å². The molecule has 0 atom stereocenters. The van der Waals surface area contributed by atoms with Gasteiger partial charge in [0.25, 0.3) is 0 Å². The van der Waals surface area contributed by atoms with Gasteiger partial charge in [0, 0.05) is 24.9 Å². The number of halogens is 1. The van der Waals surface area contributed by atoms with Crippen molar-refractivity contribution in [3.05, 3.63) is 58.9 Å². The lowest BCUT2D eigenvalue weighted by atomic mass is 9.96. The number of aryl methyl sites for hydroxylation is 1. The number of nitrogens with one attached hydrogen (secondary N) is 1. The number of benzene rings is 2. The Bertz CT molecular complexity index is 1080. The molecule has 7 heteroatoms. The van der Waals surface area contributed by atoms with E-state index in [4.69, 9.17) is 0 Å². The van der Waals surface area contributed by atoms with Gasteiger partial charge in [0.15, 0.2) is 0 Å². The Balaban J connectivity index is 1.40. The van der Waals surface area contributed by atoms with Gasteiger partial charge < -0.3 is 4.90 Å². The molecule has 146 valence electrons. The fourth-order valence-electron chi connectivity index (χ4n) is 4.42. The summed E-state index contributed by atoms with van der Waals surface area (Å²) in [6.07, 6.45) is 3.47. The van der Waals surface area contributed by atoms with Crippen molar-refractivity contribution >= 4 is 21.6 Å². The first-order valence-electron chi connectivity index (χ1n) is 9.60. The topological polar surface area (TPSA) is 66.5 Å². The number of carbonyl (C=O) groups excluding carboxylic acids is 1. The second kappa shape index (κ2) is 6.12. The summed E-state index contributed by atoms with van der Waals surface area (Å²) in [4.78, 5) is 14.1. The minimum Gasteiger partial charge on any atom is -0.312 e. The first kappa shape index (κ1) is 17.8. The lowest BCUT2D eigenvalue weighted by Gasteiger charge is -2.26. The van der Waals surface area contributed by atoms with Crippen molar-refractivity contribution in [1.82, 2.24) is 4.72 Å². The summed E-state index contributed by atoms with van der Waals surface area (Å²) < 4.78 is 41.9. The molecule has 1 saturated carbocycles. The summed E-state index contributed by atoms with van der Waals surface area (Å²) in [7, 11) is -3.66. The van der Waals surface area contributed by atoms with Crippen LogP contribution in [0.2, 0.25) is 0 Å². The van der Waals surface area contributed by atoms with Gasteiger partial charge in [-0.25, -0.2) is 17.5 Å². The largest absolute Gasteiger partial charge is 0.312 e. The maximum Gasteiger partial charge on any atom is 0.240 e. The Labute approximate surface area is 163 Å². The quantitative estimate of drug-likeness (QED) is 0.839. The van der Waals surface area contributed by atoms with Gasteiger partial charge in [-0.1, -0.05) is 12.1 Å². The molecule has 1 N–H and O–H groups in total. The van der Waals surface area contributed by atoms with E-state index in [1.54, 1.807) is 29.2 Å². The zero-order chi connectivity index (χ0) is 19.5. The highest BCUT2D eigenvalue weighted by Crippen LogP contribution is 2.48. The van der Waals surface area contributed by atoms with Crippen LogP contribution in [0.4, 0.5) is 10.1 Å². The molecule has 0 saturated heterocycles. The SMILES string of the molecule is O=C1CCc2cc(S(=O)(=O)NCC3(c4ccc(F)cc4)CC3)cc3c2N1CC3. The minimum atomic E-state index is -3.66. The van der Waals surface area contributed by atoms with Crippen molar-refractivity contribution in [3.63, 3.8) is 0 Å². The molecule has 3 aliphatic rings. The lowest BCUT2D eigenvalue weighted by Crippen LogP contribution is -2.34. The summed E-state index contributed by atoms with van der Waals surface area (Å²) in [6.45, 7) is 0.934. The number of carbonyl (C=O) groups is 1. The number of amides is 1. The van der Waals surface area contributed by atoms with Crippen LogP contribution in [-0.2, 0) is 33.1 Å². The summed E-state index contributed by atoms with van der Waals surface area (Å²) in [5, 5.41) is 0. The number of anilines is 1. The molecule has 2 heterocycles. The van der Waals surface area contributed by atoms with E-state index in [-0.39, 0.29) is 22.0 Å². The number of hydrogen-bond donors (Lipinski definition) is 1. The summed E-state index contributed by atoms with van der Waals surface area (Å²) in [5.41, 5.74) is 3.52. The smallest absolute Gasteiger partial charge is 0.240 e. The minimum absolute atomic E-state index is 0.120. The van der Waals surface area contributed by atoms with Crippen molar-refractivity contribution in [2.45, 2.75) is 42.4 Å². The Morgan fingerprint density at radius 1 is 1.04 bits per heavy atom. The molecule has 0 unspecified atom stereocenters. The van der Waals surface area contributed by atoms with Crippen LogP contribution >= 0.6 is 0 Å².